The lowest BCUT2D eigenvalue weighted by molar-refractivity contribution is 0.286. The highest BCUT2D eigenvalue weighted by Crippen LogP contribution is 2.26. The van der Waals surface area contributed by atoms with E-state index in [-0.39, 0.29) is 5.38 Å². The molecule has 0 aliphatic heterocycles. The Morgan fingerprint density at radius 2 is 1.34 bits per heavy atom. The van der Waals surface area contributed by atoms with Gasteiger partial charge in [0.15, 0.2) is 0 Å². The number of alkyl halides is 1. The second-order valence-electron chi connectivity index (χ2n) is 9.74. The van der Waals surface area contributed by atoms with Gasteiger partial charge in [-0.25, -0.2) is 0 Å². The van der Waals surface area contributed by atoms with Crippen LogP contribution in [0.5, 0.6) is 5.75 Å². The summed E-state index contributed by atoms with van der Waals surface area (Å²) in [4.78, 5) is 4.73. The zero-order chi connectivity index (χ0) is 24.9. The molecule has 0 radical (unpaired) electrons. The monoisotopic (exact) mass is 491 g/mol. The first-order valence-electron chi connectivity index (χ1n) is 13.5. The lowest BCUT2D eigenvalue weighted by atomic mass is 10.0. The Labute approximate surface area is 218 Å². The van der Waals surface area contributed by atoms with Gasteiger partial charge in [0.2, 0.25) is 0 Å². The summed E-state index contributed by atoms with van der Waals surface area (Å²) in [5.41, 5.74) is 5.87. The van der Waals surface area contributed by atoms with Gasteiger partial charge in [0.1, 0.15) is 12.4 Å². The van der Waals surface area contributed by atoms with E-state index < -0.39 is 0 Å². The predicted octanol–water partition coefficient (Wildman–Crippen LogP) is 9.74. The van der Waals surface area contributed by atoms with Gasteiger partial charge in [0.05, 0.1) is 11.1 Å². The molecule has 0 amide bonds. The lowest BCUT2D eigenvalue weighted by Gasteiger charge is -2.17. The maximum Gasteiger partial charge on any atom is 0.119 e. The molecule has 35 heavy (non-hydrogen) atoms. The molecule has 2 atom stereocenters. The summed E-state index contributed by atoms with van der Waals surface area (Å²) in [6, 6.07) is 21.3. The summed E-state index contributed by atoms with van der Waals surface area (Å²) in [6.07, 6.45) is 13.6. The van der Waals surface area contributed by atoms with E-state index in [4.69, 9.17) is 21.3 Å². The van der Waals surface area contributed by atoms with Gasteiger partial charge < -0.3 is 4.74 Å². The van der Waals surface area contributed by atoms with Crippen LogP contribution in [0.25, 0.3) is 22.4 Å². The van der Waals surface area contributed by atoms with Crippen molar-refractivity contribution in [1.82, 2.24) is 4.98 Å². The van der Waals surface area contributed by atoms with Crippen LogP contribution in [0.3, 0.4) is 0 Å². The highest BCUT2D eigenvalue weighted by Gasteiger charge is 2.13. The fourth-order valence-electron chi connectivity index (χ4n) is 4.20. The van der Waals surface area contributed by atoms with Crippen molar-refractivity contribution in [2.24, 2.45) is 5.92 Å². The maximum absolute atomic E-state index is 6.40. The molecular formula is C32H42ClNO. The minimum Gasteiger partial charge on any atom is -0.492 e. The lowest BCUT2D eigenvalue weighted by Crippen LogP contribution is -2.19. The van der Waals surface area contributed by atoms with Crippen LogP contribution in [-0.2, 0) is 6.42 Å². The SMILES string of the molecule is CCCCCCCCCc1ccc(-c2ccc(-c3ccc(OCC(Cl)C(C)CC)cc3)cc2)nc1. The second kappa shape index (κ2) is 14.9. The van der Waals surface area contributed by atoms with Crippen LogP contribution in [-0.4, -0.2) is 17.0 Å². The van der Waals surface area contributed by atoms with Crippen molar-refractivity contribution in [3.8, 4) is 28.1 Å². The number of benzene rings is 2. The van der Waals surface area contributed by atoms with E-state index in [1.807, 2.05) is 18.3 Å². The molecule has 3 aromatic rings. The van der Waals surface area contributed by atoms with Gasteiger partial charge in [0, 0.05) is 11.8 Å². The van der Waals surface area contributed by atoms with E-state index in [9.17, 15) is 0 Å². The van der Waals surface area contributed by atoms with E-state index in [0.29, 0.717) is 12.5 Å². The van der Waals surface area contributed by atoms with E-state index in [2.05, 4.69) is 69.3 Å². The quantitative estimate of drug-likeness (QED) is 0.156. The molecule has 188 valence electrons. The van der Waals surface area contributed by atoms with Crippen molar-refractivity contribution in [2.45, 2.75) is 83.9 Å². The largest absolute Gasteiger partial charge is 0.492 e. The number of hydrogen-bond donors (Lipinski definition) is 0. The molecule has 1 heterocycles. The first-order chi connectivity index (χ1) is 17.1. The van der Waals surface area contributed by atoms with Crippen molar-refractivity contribution in [3.63, 3.8) is 0 Å². The van der Waals surface area contributed by atoms with Gasteiger partial charge in [-0.15, -0.1) is 11.6 Å². The predicted molar refractivity (Wildman–Crippen MR) is 151 cm³/mol. The van der Waals surface area contributed by atoms with E-state index in [0.717, 1.165) is 29.8 Å². The van der Waals surface area contributed by atoms with Crippen molar-refractivity contribution in [2.75, 3.05) is 6.61 Å². The normalized spacial score (nSPS) is 12.9. The zero-order valence-corrected chi connectivity index (χ0v) is 22.6. The smallest absolute Gasteiger partial charge is 0.119 e. The summed E-state index contributed by atoms with van der Waals surface area (Å²) in [7, 11) is 0. The molecule has 0 saturated carbocycles. The second-order valence-corrected chi connectivity index (χ2v) is 10.3. The number of unbranched alkanes of at least 4 members (excludes halogenated alkanes) is 6. The highest BCUT2D eigenvalue weighted by molar-refractivity contribution is 6.20. The van der Waals surface area contributed by atoms with Crippen molar-refractivity contribution in [3.05, 3.63) is 72.4 Å². The van der Waals surface area contributed by atoms with Crippen LogP contribution < -0.4 is 4.74 Å². The number of aromatic nitrogens is 1. The van der Waals surface area contributed by atoms with E-state index >= 15 is 0 Å². The van der Waals surface area contributed by atoms with Crippen LogP contribution in [0.4, 0.5) is 0 Å². The molecule has 0 saturated heterocycles. The number of ether oxygens (including phenoxy) is 1. The maximum atomic E-state index is 6.40. The van der Waals surface area contributed by atoms with Crippen molar-refractivity contribution < 1.29 is 4.74 Å². The molecule has 0 aliphatic rings. The topological polar surface area (TPSA) is 22.1 Å². The average Bonchev–Trinajstić information content (AvgIpc) is 2.91. The first kappa shape index (κ1) is 27.3. The number of pyridine rings is 1. The van der Waals surface area contributed by atoms with Crippen LogP contribution in [0, 0.1) is 5.92 Å². The Hall–Kier alpha value is -2.32. The van der Waals surface area contributed by atoms with Crippen LogP contribution in [0.1, 0.15) is 77.7 Å². The summed E-state index contributed by atoms with van der Waals surface area (Å²) in [5, 5.41) is 0.0372. The fraction of sp³-hybridized carbons (Fsp3) is 0.469. The molecule has 0 bridgehead atoms. The zero-order valence-electron chi connectivity index (χ0n) is 21.8. The van der Waals surface area contributed by atoms with Crippen molar-refractivity contribution in [1.29, 1.82) is 0 Å². The Kier molecular flexibility index (Phi) is 11.6. The fourth-order valence-corrected chi connectivity index (χ4v) is 4.44. The molecule has 1 aromatic heterocycles. The molecular weight excluding hydrogens is 450 g/mol. The van der Waals surface area contributed by atoms with Gasteiger partial charge in [-0.2, -0.15) is 0 Å². The van der Waals surface area contributed by atoms with Crippen LogP contribution in [0.2, 0.25) is 0 Å². The summed E-state index contributed by atoms with van der Waals surface area (Å²) >= 11 is 6.40. The summed E-state index contributed by atoms with van der Waals surface area (Å²) < 4.78 is 5.88. The number of hydrogen-bond acceptors (Lipinski definition) is 2. The molecule has 3 heteroatoms. The van der Waals surface area contributed by atoms with Gasteiger partial charge in [-0.3, -0.25) is 4.98 Å². The molecule has 2 aromatic carbocycles. The highest BCUT2D eigenvalue weighted by atomic mass is 35.5. The molecule has 2 unspecified atom stereocenters. The van der Waals surface area contributed by atoms with Gasteiger partial charge in [0.25, 0.3) is 0 Å². The Morgan fingerprint density at radius 3 is 1.94 bits per heavy atom. The van der Waals surface area contributed by atoms with Crippen LogP contribution in [0.15, 0.2) is 66.9 Å². The minimum absolute atomic E-state index is 0.0372. The Morgan fingerprint density at radius 1 is 0.743 bits per heavy atom. The molecule has 2 nitrogen and oxygen atoms in total. The third-order valence-electron chi connectivity index (χ3n) is 6.93. The van der Waals surface area contributed by atoms with Gasteiger partial charge >= 0.3 is 0 Å². The molecule has 3 rings (SSSR count). The molecule has 0 N–H and O–H groups in total. The van der Waals surface area contributed by atoms with Gasteiger partial charge in [-0.1, -0.05) is 108 Å². The van der Waals surface area contributed by atoms with Crippen LogP contribution >= 0.6 is 11.6 Å². The van der Waals surface area contributed by atoms with Gasteiger partial charge in [-0.05, 0) is 53.6 Å². The standard InChI is InChI=1S/C32H42ClNO/c1-4-6-7-8-9-10-11-12-26-13-22-32(34-23-26)29-16-14-27(15-17-29)28-18-20-30(21-19-28)35-24-31(33)25(3)5-2/h13-23,25,31H,4-12,24H2,1-3H3. The third kappa shape index (κ3) is 9.00. The van der Waals surface area contributed by atoms with Crippen molar-refractivity contribution >= 4 is 11.6 Å². The third-order valence-corrected chi connectivity index (χ3v) is 7.49. The number of nitrogens with zero attached hydrogens (tertiary/aromatic N) is 1. The molecule has 0 fully saturated rings. The number of aryl methyl sites for hydroxylation is 1. The Balaban J connectivity index is 1.48. The number of rotatable bonds is 15. The summed E-state index contributed by atoms with van der Waals surface area (Å²) in [6.45, 7) is 7.13. The molecule has 0 spiro atoms. The van der Waals surface area contributed by atoms with E-state index in [1.54, 1.807) is 0 Å². The first-order valence-corrected chi connectivity index (χ1v) is 14.0. The number of halogens is 1. The average molecular weight is 492 g/mol. The Bertz CT molecular complexity index is 966. The molecule has 0 aliphatic carbocycles. The van der Waals surface area contributed by atoms with E-state index in [1.165, 1.54) is 61.6 Å². The summed E-state index contributed by atoms with van der Waals surface area (Å²) in [5.74, 6) is 1.31. The minimum atomic E-state index is 0.0372.